The SMILES string of the molecule is CCCNC(Cc1ccn(C)n1)c1coc2ccccc12. The Morgan fingerprint density at radius 2 is 2.14 bits per heavy atom. The molecule has 1 unspecified atom stereocenters. The number of nitrogens with one attached hydrogen (secondary N) is 1. The van der Waals surface area contributed by atoms with Gasteiger partial charge in [0.05, 0.1) is 12.0 Å². The van der Waals surface area contributed by atoms with E-state index in [4.69, 9.17) is 4.42 Å². The van der Waals surface area contributed by atoms with E-state index in [2.05, 4.69) is 35.5 Å². The van der Waals surface area contributed by atoms with Crippen LogP contribution in [0.2, 0.25) is 0 Å². The van der Waals surface area contributed by atoms with Crippen LogP contribution in [0.25, 0.3) is 11.0 Å². The smallest absolute Gasteiger partial charge is 0.134 e. The number of hydrogen-bond acceptors (Lipinski definition) is 3. The fourth-order valence-corrected chi connectivity index (χ4v) is 2.66. The summed E-state index contributed by atoms with van der Waals surface area (Å²) < 4.78 is 7.53. The lowest BCUT2D eigenvalue weighted by Gasteiger charge is -2.16. The molecule has 0 saturated carbocycles. The minimum absolute atomic E-state index is 0.225. The van der Waals surface area contributed by atoms with Crippen molar-refractivity contribution in [3.63, 3.8) is 0 Å². The van der Waals surface area contributed by atoms with E-state index in [0.717, 1.165) is 30.7 Å². The van der Waals surface area contributed by atoms with Gasteiger partial charge in [-0.25, -0.2) is 0 Å². The number of benzene rings is 1. The summed E-state index contributed by atoms with van der Waals surface area (Å²) in [5.74, 6) is 0. The van der Waals surface area contributed by atoms with Gasteiger partial charge in [-0.15, -0.1) is 0 Å². The summed E-state index contributed by atoms with van der Waals surface area (Å²) in [5.41, 5.74) is 3.25. The third kappa shape index (κ3) is 3.00. The normalized spacial score (nSPS) is 12.9. The summed E-state index contributed by atoms with van der Waals surface area (Å²) in [5, 5.41) is 9.29. The molecular weight excluding hydrogens is 262 g/mol. The summed E-state index contributed by atoms with van der Waals surface area (Å²) in [6.45, 7) is 3.16. The van der Waals surface area contributed by atoms with E-state index in [1.54, 1.807) is 0 Å². The van der Waals surface area contributed by atoms with E-state index in [1.807, 2.05) is 36.3 Å². The van der Waals surface area contributed by atoms with Gasteiger partial charge >= 0.3 is 0 Å². The number of nitrogens with zero attached hydrogens (tertiary/aromatic N) is 2. The summed E-state index contributed by atoms with van der Waals surface area (Å²) in [7, 11) is 1.95. The Hall–Kier alpha value is -2.07. The van der Waals surface area contributed by atoms with Crippen molar-refractivity contribution in [2.75, 3.05) is 6.54 Å². The molecule has 4 heteroatoms. The first-order valence-corrected chi connectivity index (χ1v) is 7.46. The van der Waals surface area contributed by atoms with Gasteiger partial charge in [0.2, 0.25) is 0 Å². The molecule has 1 N–H and O–H groups in total. The van der Waals surface area contributed by atoms with Crippen molar-refractivity contribution in [2.24, 2.45) is 7.05 Å². The van der Waals surface area contributed by atoms with Gasteiger partial charge in [-0.2, -0.15) is 5.10 Å². The van der Waals surface area contributed by atoms with Crippen molar-refractivity contribution < 1.29 is 4.42 Å². The second-order valence-corrected chi connectivity index (χ2v) is 5.38. The Kier molecular flexibility index (Phi) is 4.06. The van der Waals surface area contributed by atoms with E-state index in [9.17, 15) is 0 Å². The highest BCUT2D eigenvalue weighted by molar-refractivity contribution is 5.81. The fraction of sp³-hybridized carbons (Fsp3) is 0.353. The third-order valence-corrected chi connectivity index (χ3v) is 3.71. The second kappa shape index (κ2) is 6.14. The first kappa shape index (κ1) is 13.9. The van der Waals surface area contributed by atoms with Crippen LogP contribution < -0.4 is 5.32 Å². The molecule has 1 atom stereocenters. The maximum Gasteiger partial charge on any atom is 0.134 e. The Bertz CT molecular complexity index is 713. The molecule has 0 bridgehead atoms. The zero-order chi connectivity index (χ0) is 14.7. The Morgan fingerprint density at radius 1 is 1.29 bits per heavy atom. The topological polar surface area (TPSA) is 43.0 Å². The van der Waals surface area contributed by atoms with Crippen molar-refractivity contribution in [3.05, 3.63) is 54.0 Å². The molecular formula is C17H21N3O. The van der Waals surface area contributed by atoms with Gasteiger partial charge in [-0.05, 0) is 25.1 Å². The lowest BCUT2D eigenvalue weighted by atomic mass is 10.0. The summed E-state index contributed by atoms with van der Waals surface area (Å²) in [6.07, 6.45) is 5.83. The summed E-state index contributed by atoms with van der Waals surface area (Å²) in [4.78, 5) is 0. The number of aromatic nitrogens is 2. The largest absolute Gasteiger partial charge is 0.464 e. The van der Waals surface area contributed by atoms with Gasteiger partial charge in [0.1, 0.15) is 5.58 Å². The fourth-order valence-electron chi connectivity index (χ4n) is 2.66. The van der Waals surface area contributed by atoms with Crippen LogP contribution >= 0.6 is 0 Å². The van der Waals surface area contributed by atoms with Crippen molar-refractivity contribution in [3.8, 4) is 0 Å². The number of para-hydroxylation sites is 1. The van der Waals surface area contributed by atoms with Crippen molar-refractivity contribution in [1.82, 2.24) is 15.1 Å². The molecule has 0 aliphatic heterocycles. The summed E-state index contributed by atoms with van der Waals surface area (Å²) in [6, 6.07) is 10.5. The zero-order valence-corrected chi connectivity index (χ0v) is 12.5. The van der Waals surface area contributed by atoms with Crippen LogP contribution in [0.4, 0.5) is 0 Å². The van der Waals surface area contributed by atoms with Crippen LogP contribution in [0.15, 0.2) is 47.2 Å². The highest BCUT2D eigenvalue weighted by Gasteiger charge is 2.18. The van der Waals surface area contributed by atoms with E-state index in [-0.39, 0.29) is 6.04 Å². The predicted octanol–water partition coefficient (Wildman–Crippen LogP) is 3.45. The van der Waals surface area contributed by atoms with Gasteiger partial charge in [-0.3, -0.25) is 4.68 Å². The van der Waals surface area contributed by atoms with E-state index in [0.29, 0.717) is 0 Å². The standard InChI is InChI=1S/C17H21N3O/c1-3-9-18-16(11-13-8-10-20(2)19-13)15-12-21-17-7-5-4-6-14(15)17/h4-8,10,12,16,18H,3,9,11H2,1-2H3. The molecule has 0 radical (unpaired) electrons. The molecule has 2 heterocycles. The molecule has 3 rings (SSSR count). The van der Waals surface area contributed by atoms with Gasteiger partial charge in [0, 0.05) is 36.7 Å². The number of fused-ring (bicyclic) bond motifs is 1. The third-order valence-electron chi connectivity index (χ3n) is 3.71. The van der Waals surface area contributed by atoms with Crippen LogP contribution in [-0.4, -0.2) is 16.3 Å². The van der Waals surface area contributed by atoms with Crippen molar-refractivity contribution in [2.45, 2.75) is 25.8 Å². The molecule has 0 saturated heterocycles. The quantitative estimate of drug-likeness (QED) is 0.753. The van der Waals surface area contributed by atoms with Crippen LogP contribution in [0, 0.1) is 0 Å². The molecule has 3 aromatic rings. The van der Waals surface area contributed by atoms with Gasteiger partial charge in [-0.1, -0.05) is 25.1 Å². The van der Waals surface area contributed by atoms with Crippen LogP contribution in [0.5, 0.6) is 0 Å². The molecule has 0 amide bonds. The van der Waals surface area contributed by atoms with Crippen LogP contribution in [0.1, 0.15) is 30.6 Å². The zero-order valence-electron chi connectivity index (χ0n) is 12.5. The van der Waals surface area contributed by atoms with Crippen molar-refractivity contribution >= 4 is 11.0 Å². The maximum atomic E-state index is 5.69. The highest BCUT2D eigenvalue weighted by atomic mass is 16.3. The molecule has 21 heavy (non-hydrogen) atoms. The monoisotopic (exact) mass is 283 g/mol. The number of rotatable bonds is 6. The molecule has 0 aliphatic rings. The molecule has 2 aromatic heterocycles. The Morgan fingerprint density at radius 3 is 2.90 bits per heavy atom. The van der Waals surface area contributed by atoms with Gasteiger partial charge in [0.25, 0.3) is 0 Å². The lowest BCUT2D eigenvalue weighted by Crippen LogP contribution is -2.24. The molecule has 1 aromatic carbocycles. The van der Waals surface area contributed by atoms with Crippen molar-refractivity contribution in [1.29, 1.82) is 0 Å². The minimum Gasteiger partial charge on any atom is -0.464 e. The molecule has 0 spiro atoms. The molecule has 4 nitrogen and oxygen atoms in total. The first-order valence-electron chi connectivity index (χ1n) is 7.46. The second-order valence-electron chi connectivity index (χ2n) is 5.38. The Labute approximate surface area is 124 Å². The predicted molar refractivity (Wildman–Crippen MR) is 84.2 cm³/mol. The van der Waals surface area contributed by atoms with E-state index in [1.165, 1.54) is 10.9 Å². The number of furan rings is 1. The maximum absolute atomic E-state index is 5.69. The molecule has 110 valence electrons. The molecule has 0 fully saturated rings. The Balaban J connectivity index is 1.91. The average molecular weight is 283 g/mol. The van der Waals surface area contributed by atoms with E-state index < -0.39 is 0 Å². The lowest BCUT2D eigenvalue weighted by molar-refractivity contribution is 0.512. The number of aryl methyl sites for hydroxylation is 1. The highest BCUT2D eigenvalue weighted by Crippen LogP contribution is 2.28. The average Bonchev–Trinajstić information content (AvgIpc) is 3.09. The van der Waals surface area contributed by atoms with E-state index >= 15 is 0 Å². The van der Waals surface area contributed by atoms with Crippen LogP contribution in [-0.2, 0) is 13.5 Å². The summed E-state index contributed by atoms with van der Waals surface area (Å²) >= 11 is 0. The number of hydrogen-bond donors (Lipinski definition) is 1. The van der Waals surface area contributed by atoms with Gasteiger partial charge in [0.15, 0.2) is 0 Å². The van der Waals surface area contributed by atoms with Crippen LogP contribution in [0.3, 0.4) is 0 Å². The first-order chi connectivity index (χ1) is 10.3. The van der Waals surface area contributed by atoms with Gasteiger partial charge < -0.3 is 9.73 Å². The molecule has 0 aliphatic carbocycles. The minimum atomic E-state index is 0.225.